The van der Waals surface area contributed by atoms with Crippen LogP contribution in [0.1, 0.15) is 17.0 Å². The number of pyridine rings is 1. The average molecular weight is 315 g/mol. The van der Waals surface area contributed by atoms with Gasteiger partial charge in [0, 0.05) is 12.8 Å². The van der Waals surface area contributed by atoms with Gasteiger partial charge in [-0.3, -0.25) is 15.2 Å². The van der Waals surface area contributed by atoms with Crippen LogP contribution in [0, 0.1) is 17.0 Å². The molecule has 3 heterocycles. The summed E-state index contributed by atoms with van der Waals surface area (Å²) in [5, 5.41) is 18.3. The standard InChI is InChI=1S/C14H13N5O4/c1-8-5-9(7-22-2)12-13(17-18-14(12)16-8)15-6-10-3-4-11(23-10)19(20)21/h3-6H,7H2,1-2H3,(H,16,17,18). The third-order valence-corrected chi connectivity index (χ3v) is 3.13. The van der Waals surface area contributed by atoms with Crippen molar-refractivity contribution in [1.82, 2.24) is 15.2 Å². The first-order valence-corrected chi connectivity index (χ1v) is 6.70. The zero-order chi connectivity index (χ0) is 16.4. The van der Waals surface area contributed by atoms with Crippen molar-refractivity contribution in [2.75, 3.05) is 7.11 Å². The Morgan fingerprint density at radius 2 is 2.35 bits per heavy atom. The predicted molar refractivity (Wildman–Crippen MR) is 82.0 cm³/mol. The van der Waals surface area contributed by atoms with Crippen molar-refractivity contribution < 1.29 is 14.1 Å². The number of hydrogen-bond acceptors (Lipinski definition) is 7. The van der Waals surface area contributed by atoms with Crippen LogP contribution in [0.15, 0.2) is 27.6 Å². The van der Waals surface area contributed by atoms with E-state index in [4.69, 9.17) is 9.15 Å². The fourth-order valence-electron chi connectivity index (χ4n) is 2.23. The van der Waals surface area contributed by atoms with E-state index < -0.39 is 4.92 Å². The lowest BCUT2D eigenvalue weighted by Crippen LogP contribution is -1.92. The van der Waals surface area contributed by atoms with Gasteiger partial charge in [0.1, 0.15) is 4.92 Å². The topological polar surface area (TPSA) is 119 Å². The van der Waals surface area contributed by atoms with Gasteiger partial charge in [0.15, 0.2) is 17.2 Å². The molecule has 0 saturated heterocycles. The average Bonchev–Trinajstić information content (AvgIpc) is 3.12. The number of rotatable bonds is 5. The minimum atomic E-state index is -0.606. The summed E-state index contributed by atoms with van der Waals surface area (Å²) in [5.74, 6) is 0.343. The molecule has 23 heavy (non-hydrogen) atoms. The van der Waals surface area contributed by atoms with Gasteiger partial charge in [-0.15, -0.1) is 0 Å². The molecule has 3 rings (SSSR count). The molecular formula is C14H13N5O4. The monoisotopic (exact) mass is 315 g/mol. The summed E-state index contributed by atoms with van der Waals surface area (Å²) in [6, 6.07) is 4.64. The van der Waals surface area contributed by atoms with Crippen molar-refractivity contribution >= 4 is 29.0 Å². The van der Waals surface area contributed by atoms with Crippen LogP contribution in [0.2, 0.25) is 0 Å². The van der Waals surface area contributed by atoms with Gasteiger partial charge < -0.3 is 9.15 Å². The molecule has 3 aromatic rings. The van der Waals surface area contributed by atoms with E-state index in [1.54, 1.807) is 7.11 Å². The fourth-order valence-corrected chi connectivity index (χ4v) is 2.23. The number of methoxy groups -OCH3 is 1. The van der Waals surface area contributed by atoms with Crippen LogP contribution in [-0.4, -0.2) is 33.4 Å². The Bertz CT molecular complexity index is 896. The van der Waals surface area contributed by atoms with E-state index in [9.17, 15) is 10.1 Å². The number of H-pyrrole nitrogens is 1. The summed E-state index contributed by atoms with van der Waals surface area (Å²) >= 11 is 0. The van der Waals surface area contributed by atoms with Crippen molar-refractivity contribution in [3.8, 4) is 0 Å². The molecule has 0 saturated carbocycles. The summed E-state index contributed by atoms with van der Waals surface area (Å²) in [5.41, 5.74) is 2.35. The van der Waals surface area contributed by atoms with Crippen LogP contribution in [-0.2, 0) is 11.3 Å². The molecule has 0 spiro atoms. The van der Waals surface area contributed by atoms with Gasteiger partial charge in [-0.25, -0.2) is 9.98 Å². The second-order valence-electron chi connectivity index (χ2n) is 4.82. The van der Waals surface area contributed by atoms with Crippen molar-refractivity contribution in [3.05, 3.63) is 45.3 Å². The van der Waals surface area contributed by atoms with Crippen molar-refractivity contribution in [2.24, 2.45) is 4.99 Å². The zero-order valence-corrected chi connectivity index (χ0v) is 12.4. The number of hydrogen-bond donors (Lipinski definition) is 1. The van der Waals surface area contributed by atoms with Gasteiger partial charge in [-0.05, 0) is 24.6 Å². The van der Waals surface area contributed by atoms with E-state index in [1.165, 1.54) is 18.3 Å². The first kappa shape index (κ1) is 14.9. The van der Waals surface area contributed by atoms with E-state index in [1.807, 2.05) is 13.0 Å². The number of nitrogens with zero attached hydrogens (tertiary/aromatic N) is 4. The minimum absolute atomic E-state index is 0.265. The smallest absolute Gasteiger partial charge is 0.400 e. The third-order valence-electron chi connectivity index (χ3n) is 3.13. The Morgan fingerprint density at radius 1 is 1.52 bits per heavy atom. The maximum atomic E-state index is 10.6. The molecule has 0 fully saturated rings. The molecular weight excluding hydrogens is 302 g/mol. The lowest BCUT2D eigenvalue weighted by molar-refractivity contribution is -0.402. The Labute approximate surface area is 130 Å². The molecule has 0 radical (unpaired) electrons. The molecule has 9 nitrogen and oxygen atoms in total. The second-order valence-corrected chi connectivity index (χ2v) is 4.82. The van der Waals surface area contributed by atoms with E-state index in [-0.39, 0.29) is 11.6 Å². The summed E-state index contributed by atoms with van der Waals surface area (Å²) in [6.07, 6.45) is 1.37. The normalized spacial score (nSPS) is 11.6. The fraction of sp³-hybridized carbons (Fsp3) is 0.214. The molecule has 0 bridgehead atoms. The zero-order valence-electron chi connectivity index (χ0n) is 12.4. The maximum absolute atomic E-state index is 10.6. The van der Waals surface area contributed by atoms with E-state index in [0.717, 1.165) is 16.6 Å². The third kappa shape index (κ3) is 2.94. The van der Waals surface area contributed by atoms with Crippen LogP contribution in [0.5, 0.6) is 0 Å². The Kier molecular flexibility index (Phi) is 3.85. The molecule has 1 N–H and O–H groups in total. The molecule has 0 aliphatic carbocycles. The number of aliphatic imine (C=N–C) groups is 1. The quantitative estimate of drug-likeness (QED) is 0.439. The van der Waals surface area contributed by atoms with E-state index in [2.05, 4.69) is 20.2 Å². The van der Waals surface area contributed by atoms with Crippen LogP contribution in [0.3, 0.4) is 0 Å². The van der Waals surface area contributed by atoms with E-state index >= 15 is 0 Å². The summed E-state index contributed by atoms with van der Waals surface area (Å²) < 4.78 is 10.2. The summed E-state index contributed by atoms with van der Waals surface area (Å²) in [7, 11) is 1.60. The van der Waals surface area contributed by atoms with Crippen molar-refractivity contribution in [2.45, 2.75) is 13.5 Å². The van der Waals surface area contributed by atoms with Crippen LogP contribution >= 0.6 is 0 Å². The second kappa shape index (κ2) is 5.97. The molecule has 0 atom stereocenters. The lowest BCUT2D eigenvalue weighted by atomic mass is 10.1. The van der Waals surface area contributed by atoms with Gasteiger partial charge in [0.25, 0.3) is 0 Å². The number of aryl methyl sites for hydroxylation is 1. The molecule has 0 aromatic carbocycles. The van der Waals surface area contributed by atoms with Crippen molar-refractivity contribution in [1.29, 1.82) is 0 Å². The number of aromatic amines is 1. The predicted octanol–water partition coefficient (Wildman–Crippen LogP) is 2.66. The van der Waals surface area contributed by atoms with E-state index in [0.29, 0.717) is 18.1 Å². The van der Waals surface area contributed by atoms with Crippen molar-refractivity contribution in [3.63, 3.8) is 0 Å². The van der Waals surface area contributed by atoms with Crippen LogP contribution in [0.25, 0.3) is 11.0 Å². The number of aromatic nitrogens is 3. The molecule has 0 aliphatic heterocycles. The molecule has 0 unspecified atom stereocenters. The first-order valence-electron chi connectivity index (χ1n) is 6.70. The highest BCUT2D eigenvalue weighted by Crippen LogP contribution is 2.27. The largest absolute Gasteiger partial charge is 0.433 e. The van der Waals surface area contributed by atoms with Crippen LogP contribution in [0.4, 0.5) is 11.7 Å². The number of fused-ring (bicyclic) bond motifs is 1. The highest BCUT2D eigenvalue weighted by molar-refractivity contribution is 5.92. The first-order chi connectivity index (χ1) is 11.1. The highest BCUT2D eigenvalue weighted by atomic mass is 16.6. The number of nitrogens with one attached hydrogen (secondary N) is 1. The molecule has 0 amide bonds. The Hall–Kier alpha value is -3.07. The van der Waals surface area contributed by atoms with Gasteiger partial charge in [-0.2, -0.15) is 5.10 Å². The molecule has 3 aromatic heterocycles. The maximum Gasteiger partial charge on any atom is 0.433 e. The summed E-state index contributed by atoms with van der Waals surface area (Å²) in [4.78, 5) is 18.6. The van der Waals surface area contributed by atoms with Gasteiger partial charge >= 0.3 is 5.88 Å². The SMILES string of the molecule is COCc1cc(C)nc2[nH]nc(N=Cc3ccc([N+](=O)[O-])o3)c12. The Morgan fingerprint density at radius 3 is 3.04 bits per heavy atom. The Balaban J connectivity index is 1.99. The van der Waals surface area contributed by atoms with Gasteiger partial charge in [-0.1, -0.05) is 0 Å². The molecule has 118 valence electrons. The number of furan rings is 1. The minimum Gasteiger partial charge on any atom is -0.400 e. The highest BCUT2D eigenvalue weighted by Gasteiger charge is 2.13. The number of nitro groups is 1. The molecule has 0 aliphatic rings. The molecule has 9 heteroatoms. The lowest BCUT2D eigenvalue weighted by Gasteiger charge is -2.03. The number of ether oxygens (including phenoxy) is 1. The van der Waals surface area contributed by atoms with Crippen LogP contribution < -0.4 is 0 Å². The van der Waals surface area contributed by atoms with Gasteiger partial charge in [0.2, 0.25) is 0 Å². The summed E-state index contributed by atoms with van der Waals surface area (Å²) in [6.45, 7) is 2.28. The van der Waals surface area contributed by atoms with Gasteiger partial charge in [0.05, 0.1) is 24.3 Å².